The molecule has 0 saturated carbocycles. The second kappa shape index (κ2) is 5.87. The summed E-state index contributed by atoms with van der Waals surface area (Å²) in [6.45, 7) is 2.98. The number of piperidine rings is 1. The molecule has 120 valence electrons. The number of hydrogen-bond donors (Lipinski definition) is 2. The Hall–Kier alpha value is -2.63. The predicted octanol–water partition coefficient (Wildman–Crippen LogP) is 1.46. The second-order valence-corrected chi connectivity index (χ2v) is 6.02. The highest BCUT2D eigenvalue weighted by atomic mass is 16.2. The molecule has 1 aromatic heterocycles. The number of amides is 2. The van der Waals surface area contributed by atoms with Crippen molar-refractivity contribution >= 4 is 28.3 Å². The smallest absolute Gasteiger partial charge is 0.273 e. The molecule has 2 aromatic rings. The van der Waals surface area contributed by atoms with Crippen LogP contribution in [-0.4, -0.2) is 34.8 Å². The molecule has 2 amide bonds. The molecule has 1 fully saturated rings. The minimum atomic E-state index is -0.288. The summed E-state index contributed by atoms with van der Waals surface area (Å²) in [5.74, 6) is -0.548. The fourth-order valence-electron chi connectivity index (χ4n) is 3.17. The number of pyridine rings is 1. The summed E-state index contributed by atoms with van der Waals surface area (Å²) in [4.78, 5) is 30.2. The lowest BCUT2D eigenvalue weighted by molar-refractivity contribution is -0.123. The van der Waals surface area contributed by atoms with Crippen LogP contribution in [0.4, 0.5) is 5.69 Å². The van der Waals surface area contributed by atoms with E-state index in [-0.39, 0.29) is 17.7 Å². The number of fused-ring (bicyclic) bond motifs is 1. The molecule has 0 radical (unpaired) electrons. The van der Waals surface area contributed by atoms with Crippen molar-refractivity contribution in [2.75, 3.05) is 18.8 Å². The number of nitrogen functional groups attached to an aromatic ring is 1. The fourth-order valence-corrected chi connectivity index (χ4v) is 3.17. The summed E-state index contributed by atoms with van der Waals surface area (Å²) in [5.41, 5.74) is 13.4. The Balaban J connectivity index is 1.93. The van der Waals surface area contributed by atoms with Gasteiger partial charge in [0.2, 0.25) is 5.91 Å². The average molecular weight is 312 g/mol. The van der Waals surface area contributed by atoms with E-state index in [0.717, 1.165) is 16.3 Å². The lowest BCUT2D eigenvalue weighted by Crippen LogP contribution is -2.42. The monoisotopic (exact) mass is 312 g/mol. The number of carbonyl (C=O) groups is 2. The molecule has 0 atom stereocenters. The number of likely N-dealkylation sites (tertiary alicyclic amines) is 1. The lowest BCUT2D eigenvalue weighted by Gasteiger charge is -2.30. The van der Waals surface area contributed by atoms with Gasteiger partial charge in [0.1, 0.15) is 5.69 Å². The minimum absolute atomic E-state index is 0.118. The molecule has 1 aliphatic heterocycles. The van der Waals surface area contributed by atoms with Gasteiger partial charge in [-0.1, -0.05) is 6.07 Å². The van der Waals surface area contributed by atoms with Crippen LogP contribution in [0.2, 0.25) is 0 Å². The maximum Gasteiger partial charge on any atom is 0.273 e. The molecule has 1 aliphatic rings. The summed E-state index contributed by atoms with van der Waals surface area (Å²) in [5, 5.41) is 1.64. The number of hydrogen-bond acceptors (Lipinski definition) is 4. The van der Waals surface area contributed by atoms with Gasteiger partial charge in [-0.3, -0.25) is 14.6 Å². The number of aryl methyl sites for hydroxylation is 1. The lowest BCUT2D eigenvalue weighted by atomic mass is 9.95. The molecule has 0 bridgehead atoms. The Morgan fingerprint density at radius 3 is 2.57 bits per heavy atom. The standard InChI is InChI=1S/C17H20N4O2/c1-10-2-3-13(18)12-4-7-20-15(14(10)12)17(23)21-8-5-11(6-9-21)16(19)22/h2-4,7,11H,5-6,8-9,18H2,1H3,(H2,19,22). The van der Waals surface area contributed by atoms with E-state index in [1.165, 1.54) is 0 Å². The molecule has 6 nitrogen and oxygen atoms in total. The van der Waals surface area contributed by atoms with Crippen molar-refractivity contribution in [1.29, 1.82) is 0 Å². The van der Waals surface area contributed by atoms with Crippen LogP contribution in [0, 0.1) is 12.8 Å². The Morgan fingerprint density at radius 2 is 1.91 bits per heavy atom. The van der Waals surface area contributed by atoms with Crippen LogP contribution in [-0.2, 0) is 4.79 Å². The number of primary amides is 1. The molecule has 4 N–H and O–H groups in total. The van der Waals surface area contributed by atoms with Crippen molar-refractivity contribution < 1.29 is 9.59 Å². The largest absolute Gasteiger partial charge is 0.398 e. The van der Waals surface area contributed by atoms with Crippen molar-refractivity contribution in [3.05, 3.63) is 35.7 Å². The summed E-state index contributed by atoms with van der Waals surface area (Å²) in [7, 11) is 0. The summed E-state index contributed by atoms with van der Waals surface area (Å²) >= 11 is 0. The average Bonchev–Trinajstić information content (AvgIpc) is 2.57. The van der Waals surface area contributed by atoms with E-state index in [9.17, 15) is 9.59 Å². The zero-order chi connectivity index (χ0) is 16.6. The van der Waals surface area contributed by atoms with Crippen LogP contribution in [0.3, 0.4) is 0 Å². The number of carbonyl (C=O) groups excluding carboxylic acids is 2. The Bertz CT molecular complexity index is 780. The van der Waals surface area contributed by atoms with Gasteiger partial charge in [0.05, 0.1) is 0 Å². The van der Waals surface area contributed by atoms with Gasteiger partial charge in [0, 0.05) is 41.7 Å². The molecule has 1 aromatic carbocycles. The number of benzene rings is 1. The predicted molar refractivity (Wildman–Crippen MR) is 88.7 cm³/mol. The number of anilines is 1. The van der Waals surface area contributed by atoms with E-state index in [4.69, 9.17) is 11.5 Å². The molecule has 3 rings (SSSR count). The van der Waals surface area contributed by atoms with E-state index in [0.29, 0.717) is 37.3 Å². The fraction of sp³-hybridized carbons (Fsp3) is 0.353. The molecule has 1 saturated heterocycles. The van der Waals surface area contributed by atoms with Crippen LogP contribution >= 0.6 is 0 Å². The third kappa shape index (κ3) is 2.72. The maximum atomic E-state index is 12.9. The van der Waals surface area contributed by atoms with Gasteiger partial charge in [-0.2, -0.15) is 0 Å². The van der Waals surface area contributed by atoms with Crippen molar-refractivity contribution in [3.8, 4) is 0 Å². The first kappa shape index (κ1) is 15.3. The molecule has 0 aliphatic carbocycles. The zero-order valence-corrected chi connectivity index (χ0v) is 13.1. The van der Waals surface area contributed by atoms with E-state index in [1.807, 2.05) is 25.1 Å². The Kier molecular flexibility index (Phi) is 3.90. The number of aromatic nitrogens is 1. The number of rotatable bonds is 2. The highest BCUT2D eigenvalue weighted by Crippen LogP contribution is 2.28. The van der Waals surface area contributed by atoms with Crippen molar-refractivity contribution in [1.82, 2.24) is 9.88 Å². The zero-order valence-electron chi connectivity index (χ0n) is 13.1. The van der Waals surface area contributed by atoms with Crippen molar-refractivity contribution in [2.24, 2.45) is 11.7 Å². The Morgan fingerprint density at radius 1 is 1.22 bits per heavy atom. The molecule has 2 heterocycles. The van der Waals surface area contributed by atoms with Crippen molar-refractivity contribution in [2.45, 2.75) is 19.8 Å². The highest BCUT2D eigenvalue weighted by Gasteiger charge is 2.28. The summed E-state index contributed by atoms with van der Waals surface area (Å²) in [6, 6.07) is 5.56. The first-order valence-electron chi connectivity index (χ1n) is 7.71. The Labute approximate surface area is 134 Å². The van der Waals surface area contributed by atoms with Crippen LogP contribution < -0.4 is 11.5 Å². The first-order chi connectivity index (χ1) is 11.0. The highest BCUT2D eigenvalue weighted by molar-refractivity contribution is 6.09. The molecule has 6 heteroatoms. The third-order valence-corrected chi connectivity index (χ3v) is 4.56. The van der Waals surface area contributed by atoms with Crippen LogP contribution in [0.25, 0.3) is 10.8 Å². The van der Waals surface area contributed by atoms with Gasteiger partial charge in [0.15, 0.2) is 0 Å². The van der Waals surface area contributed by atoms with Crippen LogP contribution in [0.5, 0.6) is 0 Å². The minimum Gasteiger partial charge on any atom is -0.398 e. The maximum absolute atomic E-state index is 12.9. The second-order valence-electron chi connectivity index (χ2n) is 6.02. The van der Waals surface area contributed by atoms with Crippen LogP contribution in [0.15, 0.2) is 24.4 Å². The quantitative estimate of drug-likeness (QED) is 0.819. The molecule has 0 unspecified atom stereocenters. The van der Waals surface area contributed by atoms with Gasteiger partial charge in [-0.05, 0) is 37.5 Å². The normalized spacial score (nSPS) is 15.8. The molecular weight excluding hydrogens is 292 g/mol. The topological polar surface area (TPSA) is 102 Å². The van der Waals surface area contributed by atoms with Gasteiger partial charge in [-0.25, -0.2) is 0 Å². The number of nitrogens with two attached hydrogens (primary N) is 2. The summed E-state index contributed by atoms with van der Waals surface area (Å²) in [6.07, 6.45) is 2.82. The van der Waals surface area contributed by atoms with Gasteiger partial charge in [-0.15, -0.1) is 0 Å². The molecule has 23 heavy (non-hydrogen) atoms. The number of nitrogens with zero attached hydrogens (tertiary/aromatic N) is 2. The van der Waals surface area contributed by atoms with Gasteiger partial charge >= 0.3 is 0 Å². The van der Waals surface area contributed by atoms with E-state index >= 15 is 0 Å². The first-order valence-corrected chi connectivity index (χ1v) is 7.71. The van der Waals surface area contributed by atoms with Crippen LogP contribution in [0.1, 0.15) is 28.9 Å². The molecule has 0 spiro atoms. The van der Waals surface area contributed by atoms with Gasteiger partial charge in [0.25, 0.3) is 5.91 Å². The van der Waals surface area contributed by atoms with E-state index in [2.05, 4.69) is 4.98 Å². The van der Waals surface area contributed by atoms with E-state index in [1.54, 1.807) is 11.1 Å². The third-order valence-electron chi connectivity index (χ3n) is 4.56. The van der Waals surface area contributed by atoms with Gasteiger partial charge < -0.3 is 16.4 Å². The van der Waals surface area contributed by atoms with E-state index < -0.39 is 0 Å². The summed E-state index contributed by atoms with van der Waals surface area (Å²) < 4.78 is 0. The SMILES string of the molecule is Cc1ccc(N)c2ccnc(C(=O)N3CCC(C(N)=O)CC3)c12. The molecular formula is C17H20N4O2. The van der Waals surface area contributed by atoms with Crippen molar-refractivity contribution in [3.63, 3.8) is 0 Å².